The first kappa shape index (κ1) is 15.2. The minimum absolute atomic E-state index is 0.212. The second-order valence-corrected chi connectivity index (χ2v) is 6.52. The van der Waals surface area contributed by atoms with Crippen LogP contribution in [0.2, 0.25) is 0 Å². The van der Waals surface area contributed by atoms with Crippen LogP contribution < -0.4 is 0 Å². The Morgan fingerprint density at radius 3 is 3.05 bits per heavy atom. The van der Waals surface area contributed by atoms with Gasteiger partial charge in [-0.15, -0.1) is 0 Å². The van der Waals surface area contributed by atoms with Crippen molar-refractivity contribution in [2.24, 2.45) is 5.92 Å². The Kier molecular flexibility index (Phi) is 4.57. The normalized spacial score (nSPS) is 19.2. The fraction of sp³-hybridized carbons (Fsp3) is 0.500. The predicted molar refractivity (Wildman–Crippen MR) is 84.1 cm³/mol. The van der Waals surface area contributed by atoms with E-state index in [-0.39, 0.29) is 5.82 Å². The third-order valence-electron chi connectivity index (χ3n) is 4.09. The summed E-state index contributed by atoms with van der Waals surface area (Å²) >= 11 is 0. The molecule has 0 radical (unpaired) electrons. The number of hydrogen-bond acceptors (Lipinski definition) is 3. The summed E-state index contributed by atoms with van der Waals surface area (Å²) in [7, 11) is 0. The van der Waals surface area contributed by atoms with E-state index < -0.39 is 0 Å². The molecule has 1 aliphatic heterocycles. The van der Waals surface area contributed by atoms with Crippen LogP contribution in [0.4, 0.5) is 4.39 Å². The molecule has 4 heteroatoms. The Hall–Kier alpha value is -1.68. The van der Waals surface area contributed by atoms with Gasteiger partial charge >= 0.3 is 0 Å². The molecule has 2 aromatic rings. The highest BCUT2D eigenvalue weighted by Gasteiger charge is 2.29. The first-order chi connectivity index (χ1) is 10.6. The van der Waals surface area contributed by atoms with E-state index in [1.54, 1.807) is 18.3 Å². The van der Waals surface area contributed by atoms with E-state index in [9.17, 15) is 4.39 Å². The molecule has 0 aliphatic carbocycles. The summed E-state index contributed by atoms with van der Waals surface area (Å²) in [6, 6.07) is 6.93. The second-order valence-electron chi connectivity index (χ2n) is 6.52. The van der Waals surface area contributed by atoms with Crippen LogP contribution in [0.5, 0.6) is 0 Å². The molecule has 0 spiro atoms. The molecule has 3 nitrogen and oxygen atoms in total. The Bertz CT molecular complexity index is 623. The number of hydrogen-bond donors (Lipinski definition) is 0. The lowest BCUT2D eigenvalue weighted by molar-refractivity contribution is 0.199. The zero-order chi connectivity index (χ0) is 15.5. The van der Waals surface area contributed by atoms with Crippen LogP contribution in [0.3, 0.4) is 0 Å². The van der Waals surface area contributed by atoms with Gasteiger partial charge in [0.25, 0.3) is 0 Å². The van der Waals surface area contributed by atoms with E-state index in [1.807, 2.05) is 6.07 Å². The summed E-state index contributed by atoms with van der Waals surface area (Å²) in [6.07, 6.45) is 4.67. The molecule has 0 N–H and O–H groups in total. The minimum atomic E-state index is -0.212. The molecule has 3 rings (SSSR count). The number of oxazole rings is 1. The summed E-state index contributed by atoms with van der Waals surface area (Å²) < 4.78 is 19.2. The van der Waals surface area contributed by atoms with Crippen LogP contribution in [0, 0.1) is 11.7 Å². The number of aromatic nitrogens is 1. The molecule has 0 bridgehead atoms. The quantitative estimate of drug-likeness (QED) is 0.829. The van der Waals surface area contributed by atoms with Crippen molar-refractivity contribution >= 4 is 0 Å². The van der Waals surface area contributed by atoms with Gasteiger partial charge in [-0.25, -0.2) is 9.37 Å². The van der Waals surface area contributed by atoms with Crippen molar-refractivity contribution in [2.45, 2.75) is 39.2 Å². The van der Waals surface area contributed by atoms with Gasteiger partial charge in [-0.3, -0.25) is 4.90 Å². The standard InChI is InChI=1S/C18H23FN2O/c1-13(2)12-21-8-4-7-17(21)18-20-11-16(22-18)10-14-5-3-6-15(19)9-14/h3,5-6,9,11,13,17H,4,7-8,10,12H2,1-2H3/t17-/m1/s1. The maximum absolute atomic E-state index is 13.2. The van der Waals surface area contributed by atoms with Crippen LogP contribution in [-0.4, -0.2) is 23.0 Å². The molecule has 0 unspecified atom stereocenters. The van der Waals surface area contributed by atoms with Crippen molar-refractivity contribution in [1.29, 1.82) is 0 Å². The van der Waals surface area contributed by atoms with Gasteiger partial charge in [0.2, 0.25) is 5.89 Å². The van der Waals surface area contributed by atoms with Crippen LogP contribution in [0.15, 0.2) is 34.9 Å². The molecule has 1 atom stereocenters. The van der Waals surface area contributed by atoms with Crippen molar-refractivity contribution < 1.29 is 8.81 Å². The van der Waals surface area contributed by atoms with E-state index in [0.717, 1.165) is 36.7 Å². The maximum atomic E-state index is 13.2. The first-order valence-electron chi connectivity index (χ1n) is 8.05. The first-order valence-corrected chi connectivity index (χ1v) is 8.05. The lowest BCUT2D eigenvalue weighted by Gasteiger charge is -2.23. The topological polar surface area (TPSA) is 29.3 Å². The van der Waals surface area contributed by atoms with Gasteiger partial charge in [0.05, 0.1) is 12.2 Å². The molecular weight excluding hydrogens is 279 g/mol. The Balaban J connectivity index is 1.70. The zero-order valence-corrected chi connectivity index (χ0v) is 13.3. The summed E-state index contributed by atoms with van der Waals surface area (Å²) in [5.74, 6) is 2.04. The van der Waals surface area contributed by atoms with Gasteiger partial charge in [0.15, 0.2) is 0 Å². The lowest BCUT2D eigenvalue weighted by Crippen LogP contribution is -2.27. The third kappa shape index (κ3) is 3.55. The molecule has 1 saturated heterocycles. The predicted octanol–water partition coefficient (Wildman–Crippen LogP) is 4.20. The van der Waals surface area contributed by atoms with Crippen LogP contribution in [-0.2, 0) is 6.42 Å². The van der Waals surface area contributed by atoms with Gasteiger partial charge in [-0.05, 0) is 43.0 Å². The van der Waals surface area contributed by atoms with Crippen molar-refractivity contribution in [3.63, 3.8) is 0 Å². The third-order valence-corrected chi connectivity index (χ3v) is 4.09. The fourth-order valence-corrected chi connectivity index (χ4v) is 3.20. The summed E-state index contributed by atoms with van der Waals surface area (Å²) in [5, 5.41) is 0. The van der Waals surface area contributed by atoms with Gasteiger partial charge in [-0.1, -0.05) is 26.0 Å². The van der Waals surface area contributed by atoms with Gasteiger partial charge in [-0.2, -0.15) is 0 Å². The Morgan fingerprint density at radius 2 is 2.27 bits per heavy atom. The van der Waals surface area contributed by atoms with Crippen LogP contribution in [0.1, 0.15) is 49.9 Å². The van der Waals surface area contributed by atoms with Crippen LogP contribution >= 0.6 is 0 Å². The SMILES string of the molecule is CC(C)CN1CCC[C@@H]1c1ncc(Cc2cccc(F)c2)o1. The number of nitrogens with zero attached hydrogens (tertiary/aromatic N) is 2. The zero-order valence-electron chi connectivity index (χ0n) is 13.3. The molecule has 1 aromatic carbocycles. The van der Waals surface area contributed by atoms with E-state index in [2.05, 4.69) is 23.7 Å². The largest absolute Gasteiger partial charge is 0.444 e. The number of halogens is 1. The smallest absolute Gasteiger partial charge is 0.211 e. The van der Waals surface area contributed by atoms with Crippen molar-refractivity contribution in [3.05, 3.63) is 53.5 Å². The van der Waals surface area contributed by atoms with E-state index in [0.29, 0.717) is 18.4 Å². The highest BCUT2D eigenvalue weighted by atomic mass is 19.1. The monoisotopic (exact) mass is 302 g/mol. The summed E-state index contributed by atoms with van der Waals surface area (Å²) in [5.41, 5.74) is 0.910. The molecule has 118 valence electrons. The molecule has 1 aromatic heterocycles. The molecule has 1 aliphatic rings. The van der Waals surface area contributed by atoms with Crippen molar-refractivity contribution in [1.82, 2.24) is 9.88 Å². The average Bonchev–Trinajstić information content (AvgIpc) is 3.07. The van der Waals surface area contributed by atoms with Crippen molar-refractivity contribution in [3.8, 4) is 0 Å². The number of likely N-dealkylation sites (tertiary alicyclic amines) is 1. The molecule has 0 saturated carbocycles. The Morgan fingerprint density at radius 1 is 1.41 bits per heavy atom. The van der Waals surface area contributed by atoms with Crippen LogP contribution in [0.25, 0.3) is 0 Å². The van der Waals surface area contributed by atoms with Gasteiger partial charge in [0.1, 0.15) is 11.6 Å². The van der Waals surface area contributed by atoms with Gasteiger partial charge in [0, 0.05) is 13.0 Å². The lowest BCUT2D eigenvalue weighted by atomic mass is 10.1. The maximum Gasteiger partial charge on any atom is 0.211 e. The van der Waals surface area contributed by atoms with E-state index in [4.69, 9.17) is 4.42 Å². The van der Waals surface area contributed by atoms with E-state index in [1.165, 1.54) is 12.5 Å². The second kappa shape index (κ2) is 6.61. The highest BCUT2D eigenvalue weighted by molar-refractivity contribution is 5.21. The highest BCUT2D eigenvalue weighted by Crippen LogP contribution is 2.32. The summed E-state index contributed by atoms with van der Waals surface area (Å²) in [6.45, 7) is 6.66. The molecule has 2 heterocycles. The summed E-state index contributed by atoms with van der Waals surface area (Å²) in [4.78, 5) is 6.93. The Labute approximate surface area is 131 Å². The fourth-order valence-electron chi connectivity index (χ4n) is 3.20. The number of rotatable bonds is 5. The van der Waals surface area contributed by atoms with E-state index >= 15 is 0 Å². The minimum Gasteiger partial charge on any atom is -0.444 e. The molecule has 1 fully saturated rings. The molecule has 0 amide bonds. The number of benzene rings is 1. The average molecular weight is 302 g/mol. The molecule has 22 heavy (non-hydrogen) atoms. The molecular formula is C18H23FN2O. The van der Waals surface area contributed by atoms with Gasteiger partial charge < -0.3 is 4.42 Å². The van der Waals surface area contributed by atoms with Crippen molar-refractivity contribution in [2.75, 3.05) is 13.1 Å².